The van der Waals surface area contributed by atoms with Crippen LogP contribution in [0.15, 0.2) is 333 Å². The van der Waals surface area contributed by atoms with Crippen LogP contribution in [0, 0.1) is 20.8 Å². The highest BCUT2D eigenvalue weighted by atomic mass is 32.3. The van der Waals surface area contributed by atoms with E-state index < -0.39 is 43.9 Å². The molecule has 0 atom stereocenters. The number of aromatic nitrogens is 10. The molecule has 27 heteroatoms. The second kappa shape index (κ2) is 42.3. The first kappa shape index (κ1) is 91.8. The second-order valence-corrected chi connectivity index (χ2v) is 39.1. The summed E-state index contributed by atoms with van der Waals surface area (Å²) in [5.41, 5.74) is 32.3. The maximum absolute atomic E-state index is 13.0. The molecule has 644 valence electrons. The van der Waals surface area contributed by atoms with E-state index in [2.05, 4.69) is 88.2 Å². The summed E-state index contributed by atoms with van der Waals surface area (Å²) >= 11 is 0. The minimum absolute atomic E-state index is 0.0466. The summed E-state index contributed by atoms with van der Waals surface area (Å²) in [5.74, 6) is 1.15. The molecule has 7 N–H and O–H groups in total. The molecule has 0 saturated heterocycles. The molecule has 0 fully saturated rings. The number of aromatic hydroxyl groups is 3. The summed E-state index contributed by atoms with van der Waals surface area (Å²) in [7, 11) is -14.7. The summed E-state index contributed by atoms with van der Waals surface area (Å²) in [4.78, 5) is 45.2. The van der Waals surface area contributed by atoms with Gasteiger partial charge in [-0.2, -0.15) is 0 Å². The lowest BCUT2D eigenvalue weighted by atomic mass is 10.1. The molecule has 0 amide bonds. The quantitative estimate of drug-likeness (QED) is 0.0397. The number of anilines is 2. The first-order valence-electron chi connectivity index (χ1n) is 40.2. The number of nitrogens with two attached hydrogens (primary N) is 2. The zero-order valence-corrected chi connectivity index (χ0v) is 73.8. The fraction of sp³-hybridized carbons (Fsp3) is 0.140. The van der Waals surface area contributed by atoms with Gasteiger partial charge in [0.15, 0.2) is 39.3 Å². The van der Waals surface area contributed by atoms with Crippen molar-refractivity contribution in [2.24, 2.45) is 0 Å². The topological polar surface area (TPSA) is 378 Å². The standard InChI is InChI=1S/C25H22N2O3S.C21H22N2O4S2.C19H18N2O3S.C18H17N3.C17H15N3O/c1-18-7-13-22(14-8-18)31(29,30)17-25-23(15-19-5-3-2-4-6-19)27-24(16-26-25)20-9-11-21(28)12-10-20;1-15-9-11-17(12-10-15)19-14-22-20(21(28(2,24)25)29(3,26)27)18(23-19)13-16-7-5-4-6-8-16;1-25(23,24)13-19-17(11-14-5-3-2-4-6-14)21-18(12-20-19)15-7-9-16(22)10-8-15;1-13-7-9-15(10-8-13)17-12-20-18(19)16(21-17)11-14-5-3-2-4-6-14;18-17-15(10-12-4-2-1-3-5-12)20-16(11-19-17)13-6-8-14(21)9-7-13/h2-14,16,28H,15,17H2,1H3;4-12,14,21H,13H2,1-3H3;2-10,12,22H,11,13H2,1H3;2-10,12H,11H2,1H3,(H2,19,20);1-9,11,21H,10H2,(H2,18,19). The van der Waals surface area contributed by atoms with Crippen LogP contribution in [0.4, 0.5) is 11.6 Å². The van der Waals surface area contributed by atoms with Gasteiger partial charge in [0.25, 0.3) is 0 Å². The number of sulfone groups is 4. The summed E-state index contributed by atoms with van der Waals surface area (Å²) in [5, 5.41) is 28.3. The summed E-state index contributed by atoms with van der Waals surface area (Å²) in [6.45, 7) is 5.96. The van der Waals surface area contributed by atoms with E-state index in [1.54, 1.807) is 110 Å². The fourth-order valence-electron chi connectivity index (χ4n) is 13.3. The third-order valence-electron chi connectivity index (χ3n) is 19.9. The minimum Gasteiger partial charge on any atom is -0.508 e. The lowest BCUT2D eigenvalue weighted by molar-refractivity contribution is 0.475. The molecule has 5 aromatic heterocycles. The van der Waals surface area contributed by atoms with Crippen LogP contribution in [0.25, 0.3) is 56.3 Å². The van der Waals surface area contributed by atoms with Crippen molar-refractivity contribution in [2.45, 2.75) is 73.9 Å². The van der Waals surface area contributed by atoms with Crippen molar-refractivity contribution in [3.63, 3.8) is 0 Å². The number of phenolic OH excluding ortho intramolecular Hbond substituents is 3. The van der Waals surface area contributed by atoms with Crippen LogP contribution in [0.3, 0.4) is 0 Å². The van der Waals surface area contributed by atoms with Crippen molar-refractivity contribution < 1.29 is 49.0 Å². The van der Waals surface area contributed by atoms with Gasteiger partial charge in [0.1, 0.15) is 28.9 Å². The Morgan fingerprint density at radius 2 is 0.520 bits per heavy atom. The Labute approximate surface area is 740 Å². The van der Waals surface area contributed by atoms with E-state index in [0.29, 0.717) is 82.9 Å². The van der Waals surface area contributed by atoms with Crippen LogP contribution in [0.5, 0.6) is 17.2 Å². The Morgan fingerprint density at radius 3 is 0.819 bits per heavy atom. The van der Waals surface area contributed by atoms with Gasteiger partial charge in [-0.15, -0.1) is 0 Å². The van der Waals surface area contributed by atoms with Crippen LogP contribution in [0.2, 0.25) is 0 Å². The number of rotatable bonds is 23. The maximum Gasteiger partial charge on any atom is 0.205 e. The Balaban J connectivity index is 0.000000145. The maximum atomic E-state index is 13.0. The van der Waals surface area contributed by atoms with Gasteiger partial charge >= 0.3 is 0 Å². The number of nitrogens with zero attached hydrogens (tertiary/aromatic N) is 10. The molecule has 23 nitrogen and oxygen atoms in total. The SMILES string of the molecule is CS(=O)(=O)Cc1ncc(-c2ccc(O)cc2)nc1Cc1ccccc1.Cc1ccc(-c2cnc(C(S(C)(=O)=O)S(C)(=O)=O)c(Cc3ccccc3)n2)cc1.Cc1ccc(-c2cnc(N)c(Cc3ccccc3)n2)cc1.Cc1ccc(S(=O)(=O)Cc2ncc(-c3ccc(O)cc3)nc2Cc2ccccc2)cc1.Nc1ncc(-c2ccc(O)cc2)nc1Cc1ccccc1. The van der Waals surface area contributed by atoms with Gasteiger partial charge in [-0.25, -0.2) is 68.6 Å². The van der Waals surface area contributed by atoms with Gasteiger partial charge in [0.2, 0.25) is 4.58 Å². The van der Waals surface area contributed by atoms with Gasteiger partial charge < -0.3 is 26.8 Å². The second-order valence-electron chi connectivity index (χ2n) is 30.4. The molecule has 0 radical (unpaired) electrons. The summed E-state index contributed by atoms with van der Waals surface area (Å²) in [6.07, 6.45) is 13.5. The van der Waals surface area contributed by atoms with Crippen LogP contribution in [0.1, 0.15) is 94.6 Å². The first-order chi connectivity index (χ1) is 60.8. The van der Waals surface area contributed by atoms with Gasteiger partial charge in [-0.05, 0) is 134 Å². The molecule has 0 saturated carbocycles. The summed E-state index contributed by atoms with van der Waals surface area (Å²) < 4.78 is 97.0. The van der Waals surface area contributed by atoms with Crippen molar-refractivity contribution in [1.82, 2.24) is 49.8 Å². The molecule has 0 spiro atoms. The molecule has 0 bridgehead atoms. The number of benzene rings is 11. The van der Waals surface area contributed by atoms with Crippen LogP contribution in [-0.4, -0.2) is 118 Å². The van der Waals surface area contributed by atoms with E-state index in [1.807, 2.05) is 190 Å². The third kappa shape index (κ3) is 27.1. The van der Waals surface area contributed by atoms with Crippen molar-refractivity contribution in [1.29, 1.82) is 0 Å². The Kier molecular flexibility index (Phi) is 30.6. The van der Waals surface area contributed by atoms with Crippen molar-refractivity contribution in [3.05, 3.63) is 418 Å². The van der Waals surface area contributed by atoms with Crippen molar-refractivity contribution >= 4 is 51.0 Å². The summed E-state index contributed by atoms with van der Waals surface area (Å²) in [6, 6.07) is 92.1. The molecule has 127 heavy (non-hydrogen) atoms. The minimum atomic E-state index is -3.96. The van der Waals surface area contributed by atoms with E-state index in [4.69, 9.17) is 16.5 Å². The van der Waals surface area contributed by atoms with E-state index in [-0.39, 0.29) is 45.8 Å². The number of hydrogen-bond acceptors (Lipinski definition) is 23. The van der Waals surface area contributed by atoms with Gasteiger partial charge in [-0.1, -0.05) is 229 Å². The van der Waals surface area contributed by atoms with Crippen LogP contribution in [-0.2, 0) is 83.0 Å². The van der Waals surface area contributed by atoms with Gasteiger partial charge in [-0.3, -0.25) is 15.0 Å². The fourth-order valence-corrected chi connectivity index (χ4v) is 19.1. The Hall–Kier alpha value is -14.4. The lowest BCUT2D eigenvalue weighted by Gasteiger charge is -2.17. The van der Waals surface area contributed by atoms with Crippen LogP contribution >= 0.6 is 0 Å². The first-order valence-corrected chi connectivity index (χ1v) is 47.8. The molecule has 0 aliphatic heterocycles. The van der Waals surface area contributed by atoms with E-state index in [0.717, 1.165) is 96.5 Å². The van der Waals surface area contributed by atoms with Gasteiger partial charge in [0.05, 0.1) is 121 Å². The molecular weight excluding hydrogens is 1670 g/mol. The van der Waals surface area contributed by atoms with Crippen molar-refractivity contribution in [3.8, 4) is 73.5 Å². The molecule has 16 rings (SSSR count). The molecular formula is C100H94N12O11S4. The normalized spacial score (nSPS) is 11.3. The average molecular weight is 1770 g/mol. The van der Waals surface area contributed by atoms with E-state index in [1.165, 1.54) is 23.6 Å². The number of phenols is 3. The molecule has 11 aromatic carbocycles. The highest BCUT2D eigenvalue weighted by Crippen LogP contribution is 2.33. The lowest BCUT2D eigenvalue weighted by Crippen LogP contribution is -2.24. The smallest absolute Gasteiger partial charge is 0.205 e. The molecule has 0 aliphatic carbocycles. The molecule has 0 aliphatic rings. The number of hydrogen-bond donors (Lipinski definition) is 5. The molecule has 5 heterocycles. The number of aryl methyl sites for hydroxylation is 3. The molecule has 16 aromatic rings. The zero-order chi connectivity index (χ0) is 90.3. The highest BCUT2D eigenvalue weighted by Gasteiger charge is 2.37. The van der Waals surface area contributed by atoms with Crippen LogP contribution < -0.4 is 11.5 Å². The zero-order valence-electron chi connectivity index (χ0n) is 70.6. The number of nitrogen functional groups attached to an aromatic ring is 2. The van der Waals surface area contributed by atoms with Crippen molar-refractivity contribution in [2.75, 3.05) is 30.2 Å². The van der Waals surface area contributed by atoms with E-state index in [9.17, 15) is 49.0 Å². The van der Waals surface area contributed by atoms with Gasteiger partial charge in [0, 0.05) is 78.7 Å². The Morgan fingerprint density at radius 1 is 0.276 bits per heavy atom. The monoisotopic (exact) mass is 1770 g/mol. The molecule has 0 unspecified atom stereocenters. The third-order valence-corrected chi connectivity index (χ3v) is 26.4. The predicted octanol–water partition coefficient (Wildman–Crippen LogP) is 17.5. The average Bonchev–Trinajstić information content (AvgIpc) is 0.767. The highest BCUT2D eigenvalue weighted by molar-refractivity contribution is 8.07. The van der Waals surface area contributed by atoms with E-state index >= 15 is 0 Å². The largest absolute Gasteiger partial charge is 0.508 e. The predicted molar refractivity (Wildman–Crippen MR) is 500 cm³/mol. The Bertz CT molecular complexity index is 6710.